The second-order valence-electron chi connectivity index (χ2n) is 8.34. The molecule has 2 heterocycles. The van der Waals surface area contributed by atoms with Gasteiger partial charge in [0.2, 0.25) is 11.8 Å². The molecular weight excluding hydrogens is 372 g/mol. The third-order valence-electron chi connectivity index (χ3n) is 4.91. The minimum absolute atomic E-state index is 0.0822. The van der Waals surface area contributed by atoms with Gasteiger partial charge in [-0.05, 0) is 26.7 Å². The lowest BCUT2D eigenvalue weighted by Crippen LogP contribution is -2.56. The maximum Gasteiger partial charge on any atom is 0.246 e. The SMILES string of the molecule is CC(C)(NC1CCN(S(C)(O)O)CC1)C(=O)Nc1cc(C(C)(C)CO)no1. The summed E-state index contributed by atoms with van der Waals surface area (Å²) in [6, 6.07) is 1.72. The summed E-state index contributed by atoms with van der Waals surface area (Å²) in [5.74, 6) is -0.0182. The first kappa shape index (κ1) is 22.1. The lowest BCUT2D eigenvalue weighted by Gasteiger charge is -2.44. The zero-order chi connectivity index (χ0) is 20.5. The molecule has 1 aliphatic heterocycles. The van der Waals surface area contributed by atoms with Crippen molar-refractivity contribution in [1.29, 1.82) is 0 Å². The fraction of sp³-hybridized carbons (Fsp3) is 0.765. The molecule has 1 saturated heterocycles. The third-order valence-corrected chi connectivity index (χ3v) is 6.25. The van der Waals surface area contributed by atoms with Gasteiger partial charge in [-0.2, -0.15) is 0 Å². The van der Waals surface area contributed by atoms with Crippen molar-refractivity contribution in [3.8, 4) is 0 Å². The number of nitrogens with zero attached hydrogens (tertiary/aromatic N) is 2. The van der Waals surface area contributed by atoms with Gasteiger partial charge in [-0.3, -0.25) is 19.2 Å². The zero-order valence-corrected chi connectivity index (χ0v) is 17.5. The Morgan fingerprint density at radius 2 is 1.93 bits per heavy atom. The predicted octanol–water partition coefficient (Wildman–Crippen LogP) is 2.01. The first-order valence-electron chi connectivity index (χ1n) is 9.01. The molecule has 5 N–H and O–H groups in total. The molecule has 1 amide bonds. The first-order valence-corrected chi connectivity index (χ1v) is 10.9. The second-order valence-corrected chi connectivity index (χ2v) is 10.4. The summed E-state index contributed by atoms with van der Waals surface area (Å²) in [7, 11) is -2.67. The van der Waals surface area contributed by atoms with Crippen LogP contribution in [-0.4, -0.2) is 67.1 Å². The molecule has 1 fully saturated rings. The van der Waals surface area contributed by atoms with E-state index in [1.165, 1.54) is 6.26 Å². The highest BCUT2D eigenvalue weighted by Crippen LogP contribution is 2.40. The van der Waals surface area contributed by atoms with Crippen LogP contribution in [0.25, 0.3) is 0 Å². The first-order chi connectivity index (χ1) is 12.3. The number of hydrogen-bond donors (Lipinski definition) is 5. The third kappa shape index (κ3) is 5.66. The standard InChI is InChI=1S/C17H32N4O5S/c1-16(2,11-22)13-10-14(26-20-13)18-15(23)17(3,4)19-12-6-8-21(9-7-12)27(5,24)25/h10,12,19,22,24-25H,6-9,11H2,1-5H3,(H,18,23). The van der Waals surface area contributed by atoms with E-state index >= 15 is 0 Å². The summed E-state index contributed by atoms with van der Waals surface area (Å²) >= 11 is 0. The van der Waals surface area contributed by atoms with Crippen LogP contribution in [0.3, 0.4) is 0 Å². The summed E-state index contributed by atoms with van der Waals surface area (Å²) in [4.78, 5) is 12.7. The van der Waals surface area contributed by atoms with Crippen LogP contribution in [0.15, 0.2) is 10.6 Å². The predicted molar refractivity (Wildman–Crippen MR) is 106 cm³/mol. The lowest BCUT2D eigenvalue weighted by molar-refractivity contribution is -0.121. The van der Waals surface area contributed by atoms with Gasteiger partial charge < -0.3 is 14.9 Å². The molecular formula is C17H32N4O5S. The summed E-state index contributed by atoms with van der Waals surface area (Å²) in [5, 5.41) is 19.4. The molecule has 0 bridgehead atoms. The molecule has 0 atom stereocenters. The average molecular weight is 405 g/mol. The van der Waals surface area contributed by atoms with Crippen molar-refractivity contribution in [2.24, 2.45) is 0 Å². The molecule has 0 aromatic carbocycles. The van der Waals surface area contributed by atoms with Crippen molar-refractivity contribution in [3.63, 3.8) is 0 Å². The van der Waals surface area contributed by atoms with Crippen LogP contribution < -0.4 is 10.6 Å². The molecule has 9 nitrogen and oxygen atoms in total. The quantitative estimate of drug-likeness (QED) is 0.466. The van der Waals surface area contributed by atoms with Gasteiger partial charge in [0, 0.05) is 36.9 Å². The molecule has 1 aromatic rings. The van der Waals surface area contributed by atoms with E-state index in [0.29, 0.717) is 18.8 Å². The summed E-state index contributed by atoms with van der Waals surface area (Å²) in [6.45, 7) is 8.29. The fourth-order valence-electron chi connectivity index (χ4n) is 2.92. The van der Waals surface area contributed by atoms with Crippen LogP contribution in [0.5, 0.6) is 0 Å². The van der Waals surface area contributed by atoms with Gasteiger partial charge in [0.05, 0.1) is 17.8 Å². The normalized spacial score (nSPS) is 18.5. The van der Waals surface area contributed by atoms with Gasteiger partial charge in [0.1, 0.15) is 0 Å². The van der Waals surface area contributed by atoms with Gasteiger partial charge in [0.25, 0.3) is 0 Å². The number of aliphatic hydroxyl groups is 1. The highest BCUT2D eigenvalue weighted by molar-refractivity contribution is 8.21. The van der Waals surface area contributed by atoms with Gasteiger partial charge in [-0.1, -0.05) is 19.0 Å². The summed E-state index contributed by atoms with van der Waals surface area (Å²) in [5.41, 5.74) is -0.831. The van der Waals surface area contributed by atoms with Crippen LogP contribution in [0.1, 0.15) is 46.2 Å². The minimum atomic E-state index is -2.67. The molecule has 0 unspecified atom stereocenters. The van der Waals surface area contributed by atoms with E-state index in [2.05, 4.69) is 15.8 Å². The maximum atomic E-state index is 12.7. The topological polar surface area (TPSA) is 131 Å². The van der Waals surface area contributed by atoms with Crippen molar-refractivity contribution in [1.82, 2.24) is 14.8 Å². The molecule has 2 rings (SSSR count). The highest BCUT2D eigenvalue weighted by Gasteiger charge is 2.34. The lowest BCUT2D eigenvalue weighted by atomic mass is 9.91. The number of aliphatic hydroxyl groups excluding tert-OH is 1. The second kappa shape index (κ2) is 8.06. The number of rotatable bonds is 7. The van der Waals surface area contributed by atoms with Crippen molar-refractivity contribution in [3.05, 3.63) is 11.8 Å². The molecule has 27 heavy (non-hydrogen) atoms. The zero-order valence-electron chi connectivity index (χ0n) is 16.7. The Hall–Kier alpha value is -1.17. The van der Waals surface area contributed by atoms with Crippen molar-refractivity contribution < 1.29 is 23.5 Å². The fourth-order valence-corrected chi connectivity index (χ4v) is 3.83. The Morgan fingerprint density at radius 3 is 2.44 bits per heavy atom. The van der Waals surface area contributed by atoms with E-state index in [4.69, 9.17) is 4.52 Å². The number of carbonyl (C=O) groups excluding carboxylic acids is 1. The van der Waals surface area contributed by atoms with E-state index < -0.39 is 21.7 Å². The Morgan fingerprint density at radius 1 is 1.33 bits per heavy atom. The van der Waals surface area contributed by atoms with Gasteiger partial charge in [-0.15, -0.1) is 10.8 Å². The van der Waals surface area contributed by atoms with Crippen molar-refractivity contribution in [2.75, 3.05) is 31.3 Å². The number of amides is 1. The molecule has 0 aliphatic carbocycles. The van der Waals surface area contributed by atoms with E-state index in [1.54, 1.807) is 24.2 Å². The van der Waals surface area contributed by atoms with Gasteiger partial charge >= 0.3 is 0 Å². The summed E-state index contributed by atoms with van der Waals surface area (Å²) < 4.78 is 26.3. The molecule has 156 valence electrons. The minimum Gasteiger partial charge on any atom is -0.395 e. The molecule has 1 aromatic heterocycles. The van der Waals surface area contributed by atoms with E-state index in [9.17, 15) is 19.0 Å². The van der Waals surface area contributed by atoms with Crippen molar-refractivity contribution >= 4 is 22.6 Å². The van der Waals surface area contributed by atoms with Gasteiger partial charge in [-0.25, -0.2) is 4.31 Å². The largest absolute Gasteiger partial charge is 0.395 e. The maximum absolute atomic E-state index is 12.7. The monoisotopic (exact) mass is 404 g/mol. The Labute approximate surface area is 162 Å². The Balaban J connectivity index is 1.92. The number of hydrogen-bond acceptors (Lipinski definition) is 8. The molecule has 1 aliphatic rings. The number of piperidine rings is 1. The molecule has 0 spiro atoms. The molecule has 10 heteroatoms. The number of carbonyl (C=O) groups is 1. The van der Waals surface area contributed by atoms with Crippen LogP contribution >= 0.6 is 10.8 Å². The Bertz CT molecular complexity index is 648. The summed E-state index contributed by atoms with van der Waals surface area (Å²) in [6.07, 6.45) is 2.87. The van der Waals surface area contributed by atoms with E-state index in [-0.39, 0.29) is 24.4 Å². The van der Waals surface area contributed by atoms with E-state index in [0.717, 1.165) is 12.8 Å². The van der Waals surface area contributed by atoms with Gasteiger partial charge in [0.15, 0.2) is 0 Å². The Kier molecular flexibility index (Phi) is 6.60. The van der Waals surface area contributed by atoms with Crippen LogP contribution in [0.4, 0.5) is 5.88 Å². The number of anilines is 1. The number of aromatic nitrogens is 1. The van der Waals surface area contributed by atoms with Crippen LogP contribution in [0, 0.1) is 0 Å². The van der Waals surface area contributed by atoms with E-state index in [1.807, 2.05) is 13.8 Å². The average Bonchev–Trinajstić information content (AvgIpc) is 3.03. The smallest absolute Gasteiger partial charge is 0.246 e. The van der Waals surface area contributed by atoms with Crippen LogP contribution in [0.2, 0.25) is 0 Å². The number of nitrogens with one attached hydrogen (secondary N) is 2. The molecule has 0 radical (unpaired) electrons. The van der Waals surface area contributed by atoms with Crippen LogP contribution in [-0.2, 0) is 10.2 Å². The molecule has 0 saturated carbocycles. The highest BCUT2D eigenvalue weighted by atomic mass is 32.3. The van der Waals surface area contributed by atoms with Crippen molar-refractivity contribution in [2.45, 2.75) is 57.5 Å².